The van der Waals surface area contributed by atoms with Crippen molar-refractivity contribution in [3.8, 4) is 5.75 Å². The number of hydrogen-bond acceptors (Lipinski definition) is 5. The zero-order chi connectivity index (χ0) is 17.1. The van der Waals surface area contributed by atoms with Gasteiger partial charge >= 0.3 is 0 Å². The van der Waals surface area contributed by atoms with Crippen LogP contribution in [0, 0.1) is 0 Å². The molecule has 24 heavy (non-hydrogen) atoms. The second-order valence-corrected chi connectivity index (χ2v) is 6.88. The summed E-state index contributed by atoms with van der Waals surface area (Å²) < 4.78 is 5.78. The van der Waals surface area contributed by atoms with Gasteiger partial charge in [0.2, 0.25) is 11.8 Å². The maximum atomic E-state index is 12.7. The molecule has 4 rings (SSSR count). The number of nitrogens with zero attached hydrogens (tertiary/aromatic N) is 1. The molecule has 3 amide bonds. The number of ether oxygens (including phenoxy) is 1. The molecule has 3 aliphatic heterocycles. The molecular weight excluding hydrogens is 312 g/mol. The Labute approximate surface area is 138 Å². The summed E-state index contributed by atoms with van der Waals surface area (Å²) in [6, 6.07) is 2.93. The van der Waals surface area contributed by atoms with Crippen LogP contribution < -0.4 is 10.1 Å². The number of amides is 3. The highest BCUT2D eigenvalue weighted by molar-refractivity contribution is 6.05. The third-order valence-corrected chi connectivity index (χ3v) is 5.20. The number of aliphatic hydroxyl groups excluding tert-OH is 1. The van der Waals surface area contributed by atoms with Crippen LogP contribution in [0.1, 0.15) is 41.3 Å². The Kier molecular flexibility index (Phi) is 3.18. The van der Waals surface area contributed by atoms with Gasteiger partial charge in [0.25, 0.3) is 5.91 Å². The Morgan fingerprint density at radius 2 is 2.17 bits per heavy atom. The lowest BCUT2D eigenvalue weighted by molar-refractivity contribution is -0.136. The van der Waals surface area contributed by atoms with E-state index in [9.17, 15) is 19.5 Å². The van der Waals surface area contributed by atoms with E-state index in [0.717, 1.165) is 11.1 Å². The van der Waals surface area contributed by atoms with Crippen LogP contribution in [0.5, 0.6) is 5.75 Å². The number of hydrogen-bond donors (Lipinski definition) is 2. The fourth-order valence-electron chi connectivity index (χ4n) is 3.69. The maximum Gasteiger partial charge on any atom is 0.255 e. The topological polar surface area (TPSA) is 95.9 Å². The second-order valence-electron chi connectivity index (χ2n) is 6.88. The fraction of sp³-hybridized carbons (Fsp3) is 0.471. The molecule has 0 radical (unpaired) electrons. The lowest BCUT2D eigenvalue weighted by Crippen LogP contribution is -2.52. The quantitative estimate of drug-likeness (QED) is 0.749. The monoisotopic (exact) mass is 330 g/mol. The number of aliphatic hydroxyl groups is 1. The maximum absolute atomic E-state index is 12.7. The minimum Gasteiger partial charge on any atom is -0.492 e. The Balaban J connectivity index is 1.69. The van der Waals surface area contributed by atoms with Crippen molar-refractivity contribution >= 4 is 17.7 Å². The first-order chi connectivity index (χ1) is 11.4. The molecular formula is C17H18N2O5. The normalized spacial score (nSPS) is 28.5. The second kappa shape index (κ2) is 5.04. The van der Waals surface area contributed by atoms with Crippen LogP contribution in [-0.4, -0.2) is 47.0 Å². The summed E-state index contributed by atoms with van der Waals surface area (Å²) in [5.41, 5.74) is 1.71. The Morgan fingerprint density at radius 1 is 1.38 bits per heavy atom. The van der Waals surface area contributed by atoms with Crippen molar-refractivity contribution in [2.75, 3.05) is 13.2 Å². The highest BCUT2D eigenvalue weighted by Crippen LogP contribution is 2.45. The van der Waals surface area contributed by atoms with Gasteiger partial charge in [-0.2, -0.15) is 0 Å². The first-order valence-electron chi connectivity index (χ1n) is 7.99. The van der Waals surface area contributed by atoms with Crippen LogP contribution in [0.2, 0.25) is 0 Å². The van der Waals surface area contributed by atoms with E-state index < -0.39 is 17.4 Å². The molecule has 2 unspecified atom stereocenters. The van der Waals surface area contributed by atoms with Crippen molar-refractivity contribution in [1.82, 2.24) is 10.2 Å². The van der Waals surface area contributed by atoms with Gasteiger partial charge in [0.1, 0.15) is 11.8 Å². The van der Waals surface area contributed by atoms with Gasteiger partial charge in [-0.3, -0.25) is 19.7 Å². The molecule has 0 bridgehead atoms. The highest BCUT2D eigenvalue weighted by atomic mass is 16.5. The van der Waals surface area contributed by atoms with Gasteiger partial charge in [0, 0.05) is 23.1 Å². The minimum absolute atomic E-state index is 0.0381. The lowest BCUT2D eigenvalue weighted by Gasteiger charge is -2.29. The van der Waals surface area contributed by atoms with Gasteiger partial charge in [-0.15, -0.1) is 0 Å². The summed E-state index contributed by atoms with van der Waals surface area (Å²) >= 11 is 0. The Bertz CT molecular complexity index is 774. The smallest absolute Gasteiger partial charge is 0.255 e. The predicted molar refractivity (Wildman–Crippen MR) is 82.4 cm³/mol. The summed E-state index contributed by atoms with van der Waals surface area (Å²) in [4.78, 5) is 37.6. The van der Waals surface area contributed by atoms with Gasteiger partial charge in [-0.05, 0) is 19.4 Å². The summed E-state index contributed by atoms with van der Waals surface area (Å²) in [5.74, 6) is -0.302. The van der Waals surface area contributed by atoms with Crippen molar-refractivity contribution < 1.29 is 24.2 Å². The van der Waals surface area contributed by atoms with Crippen LogP contribution in [0.25, 0.3) is 0 Å². The number of carbonyl (C=O) groups excluding carboxylic acids is 3. The number of rotatable bonds is 2. The summed E-state index contributed by atoms with van der Waals surface area (Å²) in [6.45, 7) is 2.52. The molecule has 0 aromatic heterocycles. The molecule has 1 aromatic carbocycles. The molecule has 0 aliphatic carbocycles. The van der Waals surface area contributed by atoms with Gasteiger partial charge in [0.05, 0.1) is 25.2 Å². The molecule has 0 saturated carbocycles. The van der Waals surface area contributed by atoms with Crippen molar-refractivity contribution in [2.24, 2.45) is 0 Å². The number of benzene rings is 1. The van der Waals surface area contributed by atoms with Crippen molar-refractivity contribution in [3.05, 3.63) is 28.8 Å². The van der Waals surface area contributed by atoms with Crippen LogP contribution in [-0.2, 0) is 21.5 Å². The van der Waals surface area contributed by atoms with Gasteiger partial charge in [0.15, 0.2) is 0 Å². The van der Waals surface area contributed by atoms with Gasteiger partial charge in [-0.25, -0.2) is 0 Å². The van der Waals surface area contributed by atoms with E-state index in [1.807, 2.05) is 13.0 Å². The van der Waals surface area contributed by atoms with E-state index >= 15 is 0 Å². The third kappa shape index (κ3) is 1.97. The van der Waals surface area contributed by atoms with Crippen molar-refractivity contribution in [1.29, 1.82) is 0 Å². The number of carbonyl (C=O) groups is 3. The molecule has 3 heterocycles. The van der Waals surface area contributed by atoms with Gasteiger partial charge < -0.3 is 14.7 Å². The van der Waals surface area contributed by atoms with Crippen molar-refractivity contribution in [3.63, 3.8) is 0 Å². The average molecular weight is 330 g/mol. The van der Waals surface area contributed by atoms with Crippen LogP contribution in [0.3, 0.4) is 0 Å². The third-order valence-electron chi connectivity index (χ3n) is 5.20. The summed E-state index contributed by atoms with van der Waals surface area (Å²) in [5, 5.41) is 11.9. The average Bonchev–Trinajstić information content (AvgIpc) is 3.07. The Morgan fingerprint density at radius 3 is 2.88 bits per heavy atom. The van der Waals surface area contributed by atoms with Crippen LogP contribution in [0.4, 0.5) is 0 Å². The standard InChI is InChI=1S/C17H18N2O5/c1-17(7-20)8-24-14-10-6-19(12-4-5-13(21)18-15(12)22)16(23)9(10)2-3-11(14)17/h2-3,12,20H,4-8H2,1H3,(H,18,21,22). The van der Waals surface area contributed by atoms with E-state index in [-0.39, 0.29) is 31.4 Å². The number of nitrogens with one attached hydrogen (secondary N) is 1. The van der Waals surface area contributed by atoms with E-state index in [0.29, 0.717) is 24.3 Å². The first-order valence-corrected chi connectivity index (χ1v) is 7.99. The first kappa shape index (κ1) is 15.1. The molecule has 7 heteroatoms. The SMILES string of the molecule is CC1(CO)COc2c1ccc1c2CN(C2CCC(=O)NC2=O)C1=O. The minimum atomic E-state index is -0.635. The largest absolute Gasteiger partial charge is 0.492 e. The van der Waals surface area contributed by atoms with Crippen LogP contribution in [0.15, 0.2) is 12.1 Å². The fourth-order valence-corrected chi connectivity index (χ4v) is 3.69. The summed E-state index contributed by atoms with van der Waals surface area (Å²) in [7, 11) is 0. The number of piperidine rings is 1. The highest BCUT2D eigenvalue weighted by Gasteiger charge is 2.44. The van der Waals surface area contributed by atoms with E-state index in [4.69, 9.17) is 4.74 Å². The molecule has 1 aromatic rings. The zero-order valence-corrected chi connectivity index (χ0v) is 13.3. The number of fused-ring (bicyclic) bond motifs is 3. The molecule has 7 nitrogen and oxygen atoms in total. The van der Waals surface area contributed by atoms with E-state index in [2.05, 4.69) is 5.32 Å². The molecule has 1 fully saturated rings. The molecule has 126 valence electrons. The van der Waals surface area contributed by atoms with E-state index in [1.54, 1.807) is 6.07 Å². The van der Waals surface area contributed by atoms with Gasteiger partial charge in [-0.1, -0.05) is 6.07 Å². The molecule has 0 spiro atoms. The van der Waals surface area contributed by atoms with E-state index in [1.165, 1.54) is 4.90 Å². The number of imide groups is 1. The molecule has 2 N–H and O–H groups in total. The van der Waals surface area contributed by atoms with Crippen LogP contribution >= 0.6 is 0 Å². The lowest BCUT2D eigenvalue weighted by atomic mass is 9.84. The van der Waals surface area contributed by atoms with Crippen molar-refractivity contribution in [2.45, 2.75) is 37.8 Å². The Hall–Kier alpha value is -2.41. The summed E-state index contributed by atoms with van der Waals surface area (Å²) in [6.07, 6.45) is 0.565. The molecule has 3 aliphatic rings. The molecule has 1 saturated heterocycles. The zero-order valence-electron chi connectivity index (χ0n) is 13.3. The predicted octanol–water partition coefficient (Wildman–Crippen LogP) is 0.0900. The molecule has 2 atom stereocenters.